The summed E-state index contributed by atoms with van der Waals surface area (Å²) in [5, 5.41) is 14.1. The summed E-state index contributed by atoms with van der Waals surface area (Å²) < 4.78 is 43.7. The predicted molar refractivity (Wildman–Crippen MR) is 99.5 cm³/mol. The number of nitrogens with one attached hydrogen (secondary N) is 1. The van der Waals surface area contributed by atoms with E-state index in [0.29, 0.717) is 24.4 Å². The van der Waals surface area contributed by atoms with E-state index in [0.717, 1.165) is 5.56 Å². The monoisotopic (exact) mass is 414 g/mol. The molecular formula is C18H25F3N6O2. The molecular weight excluding hydrogens is 389 g/mol. The van der Waals surface area contributed by atoms with Crippen molar-refractivity contribution >= 4 is 5.91 Å². The van der Waals surface area contributed by atoms with Crippen LogP contribution in [-0.2, 0) is 11.2 Å². The van der Waals surface area contributed by atoms with Crippen LogP contribution >= 0.6 is 0 Å². The lowest BCUT2D eigenvalue weighted by molar-refractivity contribution is -0.143. The molecule has 11 heteroatoms. The number of ether oxygens (including phenoxy) is 1. The Morgan fingerprint density at radius 3 is 2.76 bits per heavy atom. The van der Waals surface area contributed by atoms with Crippen LogP contribution in [0.4, 0.5) is 13.2 Å². The predicted octanol–water partition coefficient (Wildman–Crippen LogP) is 1.77. The molecule has 0 fully saturated rings. The van der Waals surface area contributed by atoms with E-state index in [1.54, 1.807) is 20.1 Å². The van der Waals surface area contributed by atoms with E-state index in [1.165, 1.54) is 16.6 Å². The quantitative estimate of drug-likeness (QED) is 0.597. The van der Waals surface area contributed by atoms with Crippen molar-refractivity contribution in [1.29, 1.82) is 0 Å². The van der Waals surface area contributed by atoms with E-state index < -0.39 is 18.8 Å². The molecule has 0 spiro atoms. The number of carbonyl (C=O) groups excluding carboxylic acids is 1. The maximum atomic E-state index is 12.8. The molecule has 0 aliphatic rings. The number of rotatable bonds is 10. The number of hydrogen-bond acceptors (Lipinski definition) is 6. The van der Waals surface area contributed by atoms with Crippen molar-refractivity contribution in [3.63, 3.8) is 0 Å². The SMILES string of the molecule is COc1cccc(C[C@H](C(=O)NCCCN(C)CC(F)(F)F)n2nnnc2C)c1. The Hall–Kier alpha value is -2.69. The van der Waals surface area contributed by atoms with Gasteiger partial charge in [-0.2, -0.15) is 13.2 Å². The third-order valence-electron chi connectivity index (χ3n) is 4.28. The van der Waals surface area contributed by atoms with Gasteiger partial charge in [-0.05, 0) is 55.1 Å². The summed E-state index contributed by atoms with van der Waals surface area (Å²) in [6, 6.07) is 6.63. The number of aromatic nitrogens is 4. The smallest absolute Gasteiger partial charge is 0.401 e. The van der Waals surface area contributed by atoms with Crippen molar-refractivity contribution in [2.45, 2.75) is 32.0 Å². The average Bonchev–Trinajstić information content (AvgIpc) is 3.07. The van der Waals surface area contributed by atoms with E-state index in [1.807, 2.05) is 18.2 Å². The molecule has 2 aromatic rings. The van der Waals surface area contributed by atoms with Crippen molar-refractivity contribution in [3.8, 4) is 5.75 Å². The number of hydrogen-bond donors (Lipinski definition) is 1. The van der Waals surface area contributed by atoms with Crippen LogP contribution < -0.4 is 10.1 Å². The zero-order chi connectivity index (χ0) is 21.4. The minimum atomic E-state index is -4.24. The number of aryl methyl sites for hydroxylation is 1. The fourth-order valence-electron chi connectivity index (χ4n) is 2.90. The summed E-state index contributed by atoms with van der Waals surface area (Å²) in [4.78, 5) is 13.9. The van der Waals surface area contributed by atoms with E-state index in [9.17, 15) is 18.0 Å². The largest absolute Gasteiger partial charge is 0.497 e. The zero-order valence-corrected chi connectivity index (χ0v) is 16.6. The van der Waals surface area contributed by atoms with Gasteiger partial charge >= 0.3 is 6.18 Å². The lowest BCUT2D eigenvalue weighted by Crippen LogP contribution is -2.37. The van der Waals surface area contributed by atoms with E-state index in [-0.39, 0.29) is 19.0 Å². The highest BCUT2D eigenvalue weighted by Crippen LogP contribution is 2.19. The number of carbonyl (C=O) groups is 1. The minimum Gasteiger partial charge on any atom is -0.497 e. The molecule has 0 radical (unpaired) electrons. The van der Waals surface area contributed by atoms with Gasteiger partial charge in [0.05, 0.1) is 13.7 Å². The van der Waals surface area contributed by atoms with Crippen LogP contribution in [0.3, 0.4) is 0 Å². The van der Waals surface area contributed by atoms with Crippen molar-refractivity contribution in [2.24, 2.45) is 0 Å². The van der Waals surface area contributed by atoms with Gasteiger partial charge in [-0.15, -0.1) is 5.10 Å². The van der Waals surface area contributed by atoms with Crippen LogP contribution in [0, 0.1) is 6.92 Å². The maximum absolute atomic E-state index is 12.8. The molecule has 1 heterocycles. The van der Waals surface area contributed by atoms with Gasteiger partial charge in [0.15, 0.2) is 0 Å². The number of benzene rings is 1. The first kappa shape index (κ1) is 22.6. The summed E-state index contributed by atoms with van der Waals surface area (Å²) in [6.07, 6.45) is -3.51. The van der Waals surface area contributed by atoms with Gasteiger partial charge in [0, 0.05) is 13.0 Å². The Kier molecular flexibility index (Phi) is 7.94. The van der Waals surface area contributed by atoms with Crippen LogP contribution in [0.15, 0.2) is 24.3 Å². The minimum absolute atomic E-state index is 0.213. The zero-order valence-electron chi connectivity index (χ0n) is 16.6. The highest BCUT2D eigenvalue weighted by atomic mass is 19.4. The number of methoxy groups -OCH3 is 1. The van der Waals surface area contributed by atoms with Crippen LogP contribution in [-0.4, -0.2) is 71.0 Å². The molecule has 2 rings (SSSR count). The van der Waals surface area contributed by atoms with Crippen LogP contribution in [0.2, 0.25) is 0 Å². The second kappa shape index (κ2) is 10.2. The number of nitrogens with zero attached hydrogens (tertiary/aromatic N) is 5. The Bertz CT molecular complexity index is 796. The highest BCUT2D eigenvalue weighted by molar-refractivity contribution is 5.80. The Morgan fingerprint density at radius 1 is 1.38 bits per heavy atom. The summed E-state index contributed by atoms with van der Waals surface area (Å²) in [5.41, 5.74) is 0.865. The molecule has 0 unspecified atom stereocenters. The number of halogens is 3. The second-order valence-corrected chi connectivity index (χ2v) is 6.74. The molecule has 29 heavy (non-hydrogen) atoms. The van der Waals surface area contributed by atoms with Crippen LogP contribution in [0.5, 0.6) is 5.75 Å². The van der Waals surface area contributed by atoms with Gasteiger partial charge in [0.25, 0.3) is 0 Å². The standard InChI is InChI=1S/C18H25F3N6O2/c1-13-23-24-25-27(13)16(11-14-6-4-7-15(10-14)29-3)17(28)22-8-5-9-26(2)12-18(19,20)21/h4,6-7,10,16H,5,8-9,11-12H2,1-3H3,(H,22,28)/t16-/m1/s1. The third-order valence-corrected chi connectivity index (χ3v) is 4.28. The van der Waals surface area contributed by atoms with Crippen molar-refractivity contribution < 1.29 is 22.7 Å². The summed E-state index contributed by atoms with van der Waals surface area (Å²) in [5.74, 6) is 0.849. The third kappa shape index (κ3) is 7.33. The Labute approximate surface area is 167 Å². The van der Waals surface area contributed by atoms with E-state index >= 15 is 0 Å². The molecule has 0 aliphatic heterocycles. The number of tetrazole rings is 1. The van der Waals surface area contributed by atoms with Gasteiger partial charge in [-0.3, -0.25) is 9.69 Å². The first-order valence-corrected chi connectivity index (χ1v) is 9.10. The van der Waals surface area contributed by atoms with Crippen LogP contribution in [0.25, 0.3) is 0 Å². The molecule has 1 amide bonds. The first-order valence-electron chi connectivity index (χ1n) is 9.10. The Morgan fingerprint density at radius 2 is 2.14 bits per heavy atom. The van der Waals surface area contributed by atoms with Crippen molar-refractivity contribution in [1.82, 2.24) is 30.4 Å². The molecule has 0 saturated carbocycles. The van der Waals surface area contributed by atoms with Gasteiger partial charge in [-0.25, -0.2) is 4.68 Å². The topological polar surface area (TPSA) is 85.2 Å². The lowest BCUT2D eigenvalue weighted by atomic mass is 10.0. The second-order valence-electron chi connectivity index (χ2n) is 6.74. The van der Waals surface area contributed by atoms with E-state index in [2.05, 4.69) is 20.8 Å². The summed E-state index contributed by atoms with van der Waals surface area (Å²) in [6.45, 7) is 1.17. The van der Waals surface area contributed by atoms with Gasteiger partial charge in [0.2, 0.25) is 5.91 Å². The molecule has 1 N–H and O–H groups in total. The number of alkyl halides is 3. The molecule has 160 valence electrons. The lowest BCUT2D eigenvalue weighted by Gasteiger charge is -2.20. The van der Waals surface area contributed by atoms with Crippen molar-refractivity contribution in [3.05, 3.63) is 35.7 Å². The fourth-order valence-corrected chi connectivity index (χ4v) is 2.90. The van der Waals surface area contributed by atoms with Crippen molar-refractivity contribution in [2.75, 3.05) is 33.8 Å². The molecule has 1 aromatic heterocycles. The fraction of sp³-hybridized carbons (Fsp3) is 0.556. The molecule has 8 nitrogen and oxygen atoms in total. The first-order chi connectivity index (χ1) is 13.7. The highest BCUT2D eigenvalue weighted by Gasteiger charge is 2.29. The molecule has 1 atom stereocenters. The Balaban J connectivity index is 1.98. The van der Waals surface area contributed by atoms with Gasteiger partial charge in [0.1, 0.15) is 17.6 Å². The normalized spacial score (nSPS) is 12.8. The van der Waals surface area contributed by atoms with Crippen LogP contribution in [0.1, 0.15) is 23.9 Å². The molecule has 1 aromatic carbocycles. The maximum Gasteiger partial charge on any atom is 0.401 e. The molecule has 0 saturated heterocycles. The number of amides is 1. The molecule has 0 bridgehead atoms. The summed E-state index contributed by atoms with van der Waals surface area (Å²) >= 11 is 0. The molecule has 0 aliphatic carbocycles. The average molecular weight is 414 g/mol. The van der Waals surface area contributed by atoms with Gasteiger partial charge in [-0.1, -0.05) is 12.1 Å². The van der Waals surface area contributed by atoms with Gasteiger partial charge < -0.3 is 10.1 Å². The van der Waals surface area contributed by atoms with E-state index in [4.69, 9.17) is 4.74 Å². The summed E-state index contributed by atoms with van der Waals surface area (Å²) in [7, 11) is 2.95.